The Kier molecular flexibility index (Phi) is 3.72. The largest absolute Gasteiger partial charge is 0.424 e. The van der Waals surface area contributed by atoms with E-state index in [0.717, 1.165) is 0 Å². The molecule has 0 aliphatic rings. The lowest BCUT2D eigenvalue weighted by atomic mass is 9.94. The molecule has 1 rings (SSSR count). The Morgan fingerprint density at radius 3 is 2.18 bits per heavy atom. The Morgan fingerprint density at radius 2 is 1.76 bits per heavy atom. The molecule has 0 bridgehead atoms. The van der Waals surface area contributed by atoms with Crippen LogP contribution in [0.25, 0.3) is 0 Å². The van der Waals surface area contributed by atoms with Gasteiger partial charge in [-0.2, -0.15) is 13.2 Å². The summed E-state index contributed by atoms with van der Waals surface area (Å²) in [4.78, 5) is 9.03. The molecule has 0 unspecified atom stereocenters. The van der Waals surface area contributed by atoms with Crippen LogP contribution in [0.3, 0.4) is 0 Å². The van der Waals surface area contributed by atoms with Crippen LogP contribution in [-0.2, 0) is 6.42 Å². The SMILES string of the molecule is O=[N+]([O-])C[C@@](O)(Cc1ccccc1)C(F)(F)F. The summed E-state index contributed by atoms with van der Waals surface area (Å²) in [6.07, 6.45) is -5.88. The van der Waals surface area contributed by atoms with Crippen LogP contribution in [0.5, 0.6) is 0 Å². The number of nitrogens with zero attached hydrogens (tertiary/aromatic N) is 1. The fraction of sp³-hybridized carbons (Fsp3) is 0.400. The fourth-order valence-electron chi connectivity index (χ4n) is 1.39. The van der Waals surface area contributed by atoms with E-state index in [-0.39, 0.29) is 5.56 Å². The molecule has 0 fully saturated rings. The molecule has 1 aromatic carbocycles. The zero-order chi connectivity index (χ0) is 13.1. The van der Waals surface area contributed by atoms with Gasteiger partial charge >= 0.3 is 6.18 Å². The van der Waals surface area contributed by atoms with Gasteiger partial charge in [-0.1, -0.05) is 30.3 Å². The van der Waals surface area contributed by atoms with Crippen LogP contribution in [-0.4, -0.2) is 28.4 Å². The van der Waals surface area contributed by atoms with E-state index in [2.05, 4.69) is 0 Å². The average molecular weight is 249 g/mol. The predicted molar refractivity (Wildman–Crippen MR) is 53.0 cm³/mol. The molecule has 0 aromatic heterocycles. The first kappa shape index (κ1) is 13.4. The fourth-order valence-corrected chi connectivity index (χ4v) is 1.39. The van der Waals surface area contributed by atoms with Crippen LogP contribution in [0, 0.1) is 10.1 Å². The van der Waals surface area contributed by atoms with Gasteiger partial charge in [0.1, 0.15) is 0 Å². The Labute approximate surface area is 94.8 Å². The van der Waals surface area contributed by atoms with Crippen molar-refractivity contribution in [3.8, 4) is 0 Å². The molecule has 0 saturated heterocycles. The molecule has 0 aliphatic carbocycles. The molecule has 4 nitrogen and oxygen atoms in total. The molecular weight excluding hydrogens is 239 g/mol. The lowest BCUT2D eigenvalue weighted by Gasteiger charge is -2.26. The Morgan fingerprint density at radius 1 is 1.24 bits per heavy atom. The molecule has 0 radical (unpaired) electrons. The summed E-state index contributed by atoms with van der Waals surface area (Å²) in [6, 6.07) is 7.34. The number of alkyl halides is 3. The zero-order valence-electron chi connectivity index (χ0n) is 8.65. The minimum Gasteiger partial charge on any atom is -0.375 e. The average Bonchev–Trinajstić information content (AvgIpc) is 2.15. The molecule has 1 aromatic rings. The van der Waals surface area contributed by atoms with E-state index >= 15 is 0 Å². The van der Waals surface area contributed by atoms with E-state index in [4.69, 9.17) is 0 Å². The first-order valence-electron chi connectivity index (χ1n) is 4.69. The molecule has 17 heavy (non-hydrogen) atoms. The van der Waals surface area contributed by atoms with E-state index in [1.54, 1.807) is 6.07 Å². The highest BCUT2D eigenvalue weighted by atomic mass is 19.4. The number of halogens is 3. The molecule has 0 heterocycles. The van der Waals surface area contributed by atoms with Gasteiger partial charge in [0.25, 0.3) is 0 Å². The molecule has 0 saturated carbocycles. The van der Waals surface area contributed by atoms with Crippen LogP contribution >= 0.6 is 0 Å². The summed E-state index contributed by atoms with van der Waals surface area (Å²) in [5.41, 5.74) is -3.15. The van der Waals surface area contributed by atoms with Gasteiger partial charge in [0, 0.05) is 11.3 Å². The zero-order valence-corrected chi connectivity index (χ0v) is 8.65. The molecule has 7 heteroatoms. The summed E-state index contributed by atoms with van der Waals surface area (Å²) in [7, 11) is 0. The maximum Gasteiger partial charge on any atom is 0.424 e. The van der Waals surface area contributed by atoms with Crippen LogP contribution in [0.2, 0.25) is 0 Å². The molecule has 0 spiro atoms. The Hall–Kier alpha value is -1.63. The van der Waals surface area contributed by atoms with E-state index in [9.17, 15) is 28.4 Å². The minimum atomic E-state index is -5.05. The Bertz CT molecular complexity index is 394. The second-order valence-corrected chi connectivity index (χ2v) is 3.68. The highest BCUT2D eigenvalue weighted by Crippen LogP contribution is 2.33. The quantitative estimate of drug-likeness (QED) is 0.653. The lowest BCUT2D eigenvalue weighted by Crippen LogP contribution is -2.52. The number of rotatable bonds is 4. The first-order chi connectivity index (χ1) is 7.74. The van der Waals surface area contributed by atoms with Crippen LogP contribution in [0.4, 0.5) is 13.2 Å². The van der Waals surface area contributed by atoms with Crippen molar-refractivity contribution in [3.63, 3.8) is 0 Å². The number of hydrogen-bond donors (Lipinski definition) is 1. The predicted octanol–water partition coefficient (Wildman–Crippen LogP) is 1.80. The van der Waals surface area contributed by atoms with Crippen molar-refractivity contribution >= 4 is 0 Å². The van der Waals surface area contributed by atoms with Gasteiger partial charge in [0.15, 0.2) is 0 Å². The number of benzene rings is 1. The topological polar surface area (TPSA) is 63.4 Å². The van der Waals surface area contributed by atoms with Gasteiger partial charge in [-0.15, -0.1) is 0 Å². The van der Waals surface area contributed by atoms with Gasteiger partial charge in [-0.3, -0.25) is 10.1 Å². The molecular formula is C10H10F3NO3. The van der Waals surface area contributed by atoms with Crippen molar-refractivity contribution in [2.45, 2.75) is 18.2 Å². The van der Waals surface area contributed by atoms with Gasteiger partial charge in [0.05, 0.1) is 0 Å². The van der Waals surface area contributed by atoms with Crippen LogP contribution in [0.1, 0.15) is 5.56 Å². The third kappa shape index (κ3) is 3.42. The lowest BCUT2D eigenvalue weighted by molar-refractivity contribution is -0.515. The van der Waals surface area contributed by atoms with Crippen molar-refractivity contribution in [2.75, 3.05) is 6.54 Å². The van der Waals surface area contributed by atoms with Gasteiger partial charge < -0.3 is 5.11 Å². The summed E-state index contributed by atoms with van der Waals surface area (Å²) >= 11 is 0. The highest BCUT2D eigenvalue weighted by molar-refractivity contribution is 5.17. The highest BCUT2D eigenvalue weighted by Gasteiger charge is 2.57. The summed E-state index contributed by atoms with van der Waals surface area (Å²) in [5.74, 6) is 0. The van der Waals surface area contributed by atoms with Gasteiger partial charge in [-0.25, -0.2) is 0 Å². The smallest absolute Gasteiger partial charge is 0.375 e. The van der Waals surface area contributed by atoms with E-state index < -0.39 is 29.7 Å². The molecule has 94 valence electrons. The number of nitro groups is 1. The maximum atomic E-state index is 12.6. The summed E-state index contributed by atoms with van der Waals surface area (Å²) < 4.78 is 37.8. The molecule has 0 aliphatic heterocycles. The molecule has 1 N–H and O–H groups in total. The van der Waals surface area contributed by atoms with Crippen LogP contribution in [0.15, 0.2) is 30.3 Å². The van der Waals surface area contributed by atoms with Crippen molar-refractivity contribution in [2.24, 2.45) is 0 Å². The van der Waals surface area contributed by atoms with E-state index in [0.29, 0.717) is 0 Å². The third-order valence-electron chi connectivity index (χ3n) is 2.26. The molecule has 1 atom stereocenters. The second-order valence-electron chi connectivity index (χ2n) is 3.68. The summed E-state index contributed by atoms with van der Waals surface area (Å²) in [6.45, 7) is -1.56. The van der Waals surface area contributed by atoms with Gasteiger partial charge in [0.2, 0.25) is 12.1 Å². The maximum absolute atomic E-state index is 12.6. The van der Waals surface area contributed by atoms with Crippen molar-refractivity contribution < 1.29 is 23.2 Å². The van der Waals surface area contributed by atoms with E-state index in [1.807, 2.05) is 0 Å². The van der Waals surface area contributed by atoms with E-state index in [1.165, 1.54) is 24.3 Å². The minimum absolute atomic E-state index is 0.189. The standard InChI is InChI=1S/C10H10F3NO3/c11-10(12,13)9(15,7-14(16)17)6-8-4-2-1-3-5-8/h1-5,15H,6-7H2/t9-/m0/s1. The second kappa shape index (κ2) is 4.70. The normalized spacial score (nSPS) is 15.3. The first-order valence-corrected chi connectivity index (χ1v) is 4.69. The monoisotopic (exact) mass is 249 g/mol. The summed E-state index contributed by atoms with van der Waals surface area (Å²) in [5, 5.41) is 19.6. The number of hydrogen-bond acceptors (Lipinski definition) is 3. The van der Waals surface area contributed by atoms with Crippen LogP contribution < -0.4 is 0 Å². The number of aliphatic hydroxyl groups is 1. The van der Waals surface area contributed by atoms with Crippen molar-refractivity contribution in [1.29, 1.82) is 0 Å². The Balaban J connectivity index is 2.96. The van der Waals surface area contributed by atoms with Gasteiger partial charge in [-0.05, 0) is 5.56 Å². The van der Waals surface area contributed by atoms with Crippen molar-refractivity contribution in [3.05, 3.63) is 46.0 Å². The third-order valence-corrected chi connectivity index (χ3v) is 2.26. The molecule has 0 amide bonds. The van der Waals surface area contributed by atoms with Crippen molar-refractivity contribution in [1.82, 2.24) is 0 Å².